The molecule has 9 heteroatoms. The normalized spacial score (nSPS) is 15.5. The molecular formula is C18H26ClIN6O. The zero-order chi connectivity index (χ0) is 18.5. The largest absolute Gasteiger partial charge is 0.359 e. The van der Waals surface area contributed by atoms with E-state index in [1.807, 2.05) is 28.9 Å². The molecule has 2 aromatic heterocycles. The van der Waals surface area contributed by atoms with Crippen LogP contribution in [0, 0.1) is 5.92 Å². The monoisotopic (exact) mass is 504 g/mol. The van der Waals surface area contributed by atoms with Crippen LogP contribution in [0.25, 0.3) is 5.65 Å². The van der Waals surface area contributed by atoms with Crippen molar-refractivity contribution in [3.63, 3.8) is 0 Å². The van der Waals surface area contributed by atoms with Gasteiger partial charge < -0.3 is 19.9 Å². The van der Waals surface area contributed by atoms with Gasteiger partial charge in [-0.25, -0.2) is 4.98 Å². The van der Waals surface area contributed by atoms with E-state index in [0.29, 0.717) is 23.9 Å². The van der Waals surface area contributed by atoms with Gasteiger partial charge in [0.15, 0.2) is 5.96 Å². The van der Waals surface area contributed by atoms with E-state index in [2.05, 4.69) is 25.5 Å². The molecule has 148 valence electrons. The Labute approximate surface area is 181 Å². The van der Waals surface area contributed by atoms with E-state index in [4.69, 9.17) is 11.6 Å². The Kier molecular flexibility index (Phi) is 8.15. The maximum absolute atomic E-state index is 11.5. The quantitative estimate of drug-likeness (QED) is 0.381. The van der Waals surface area contributed by atoms with Gasteiger partial charge in [0.1, 0.15) is 5.65 Å². The van der Waals surface area contributed by atoms with Crippen LogP contribution in [0.4, 0.5) is 0 Å². The zero-order valence-corrected chi connectivity index (χ0v) is 18.7. The highest BCUT2D eigenvalue weighted by atomic mass is 127. The number of carbonyl (C=O) groups excluding carboxylic acids is 1. The number of pyridine rings is 1. The predicted octanol–water partition coefficient (Wildman–Crippen LogP) is 2.53. The molecule has 0 spiro atoms. The van der Waals surface area contributed by atoms with Crippen LogP contribution in [-0.4, -0.2) is 53.3 Å². The van der Waals surface area contributed by atoms with Crippen LogP contribution < -0.4 is 10.6 Å². The second kappa shape index (κ2) is 10.1. The summed E-state index contributed by atoms with van der Waals surface area (Å²) < 4.78 is 1.92. The number of imidazole rings is 1. The number of piperidine rings is 1. The fourth-order valence-electron chi connectivity index (χ4n) is 3.32. The van der Waals surface area contributed by atoms with Gasteiger partial charge in [-0.2, -0.15) is 0 Å². The summed E-state index contributed by atoms with van der Waals surface area (Å²) in [5, 5.41) is 6.78. The van der Waals surface area contributed by atoms with Crippen LogP contribution in [0.2, 0.25) is 5.02 Å². The third-order valence-electron chi connectivity index (χ3n) is 4.77. The van der Waals surface area contributed by atoms with Gasteiger partial charge in [-0.1, -0.05) is 11.6 Å². The number of carbonyl (C=O) groups is 1. The first-order valence-electron chi connectivity index (χ1n) is 8.88. The van der Waals surface area contributed by atoms with Gasteiger partial charge in [0.25, 0.3) is 0 Å². The van der Waals surface area contributed by atoms with Crippen molar-refractivity contribution in [2.45, 2.75) is 25.8 Å². The van der Waals surface area contributed by atoms with Crippen LogP contribution in [0.1, 0.15) is 25.0 Å². The molecule has 1 saturated heterocycles. The van der Waals surface area contributed by atoms with Gasteiger partial charge in [-0.3, -0.25) is 9.79 Å². The molecule has 3 heterocycles. The number of nitrogens with one attached hydrogen (secondary N) is 2. The van der Waals surface area contributed by atoms with Crippen molar-refractivity contribution in [2.75, 3.05) is 27.2 Å². The molecule has 2 N–H and O–H groups in total. The van der Waals surface area contributed by atoms with Crippen molar-refractivity contribution < 1.29 is 4.79 Å². The molecule has 0 unspecified atom stereocenters. The minimum Gasteiger partial charge on any atom is -0.359 e. The summed E-state index contributed by atoms with van der Waals surface area (Å²) in [6.07, 6.45) is 6.43. The number of halogens is 2. The number of hydrogen-bond acceptors (Lipinski definition) is 3. The molecule has 7 nitrogen and oxygen atoms in total. The van der Waals surface area contributed by atoms with Crippen molar-refractivity contribution >= 4 is 53.1 Å². The molecule has 0 radical (unpaired) electrons. The fourth-order valence-corrected chi connectivity index (χ4v) is 3.49. The predicted molar refractivity (Wildman–Crippen MR) is 119 cm³/mol. The molecule has 2 aromatic rings. The number of aliphatic imine (C=N–C) groups is 1. The summed E-state index contributed by atoms with van der Waals surface area (Å²) in [4.78, 5) is 22.7. The van der Waals surface area contributed by atoms with E-state index in [1.54, 1.807) is 14.1 Å². The molecule has 0 atom stereocenters. The molecule has 1 aliphatic heterocycles. The van der Waals surface area contributed by atoms with E-state index < -0.39 is 0 Å². The second-order valence-electron chi connectivity index (χ2n) is 6.55. The summed E-state index contributed by atoms with van der Waals surface area (Å²) in [6, 6.07) is 3.74. The summed E-state index contributed by atoms with van der Waals surface area (Å²) >= 11 is 6.02. The van der Waals surface area contributed by atoms with E-state index in [1.165, 1.54) is 0 Å². The lowest BCUT2D eigenvalue weighted by atomic mass is 9.93. The number of likely N-dealkylation sites (tertiary alicyclic amines) is 1. The maximum Gasteiger partial charge on any atom is 0.220 e. The van der Waals surface area contributed by atoms with E-state index in [0.717, 1.165) is 43.2 Å². The third-order valence-corrected chi connectivity index (χ3v) is 4.99. The molecule has 27 heavy (non-hydrogen) atoms. The van der Waals surface area contributed by atoms with Gasteiger partial charge in [-0.15, -0.1) is 24.0 Å². The summed E-state index contributed by atoms with van der Waals surface area (Å²) in [6.45, 7) is 2.41. The van der Waals surface area contributed by atoms with Gasteiger partial charge in [0.2, 0.25) is 5.91 Å². The molecule has 1 amide bonds. The number of rotatable bonds is 4. The van der Waals surface area contributed by atoms with E-state index >= 15 is 0 Å². The van der Waals surface area contributed by atoms with E-state index in [9.17, 15) is 4.79 Å². The standard InChI is InChI=1S/C18H25ClN6O.HI/c1-20-17(26)9-13-5-7-24(8-6-13)18(21-2)22-10-15-12-25-11-14(19)3-4-16(25)23-15;/h3-4,11-13H,5-10H2,1-2H3,(H,20,26)(H,21,22);1H. The first-order chi connectivity index (χ1) is 12.6. The highest BCUT2D eigenvalue weighted by molar-refractivity contribution is 14.0. The average molecular weight is 505 g/mol. The lowest BCUT2D eigenvalue weighted by molar-refractivity contribution is -0.121. The Balaban J connectivity index is 0.00000261. The summed E-state index contributed by atoms with van der Waals surface area (Å²) in [5.41, 5.74) is 1.80. The first-order valence-corrected chi connectivity index (χ1v) is 9.26. The Morgan fingerprint density at radius 1 is 1.33 bits per heavy atom. The molecule has 0 saturated carbocycles. The van der Waals surface area contributed by atoms with Crippen molar-refractivity contribution in [2.24, 2.45) is 10.9 Å². The lowest BCUT2D eigenvalue weighted by Gasteiger charge is -2.34. The minimum absolute atomic E-state index is 0. The van der Waals surface area contributed by atoms with Crippen LogP contribution in [0.15, 0.2) is 29.5 Å². The maximum atomic E-state index is 11.5. The van der Waals surface area contributed by atoms with Crippen LogP contribution in [0.3, 0.4) is 0 Å². The molecule has 0 aromatic carbocycles. The zero-order valence-electron chi connectivity index (χ0n) is 15.6. The van der Waals surface area contributed by atoms with Crippen LogP contribution in [0.5, 0.6) is 0 Å². The first kappa shape index (κ1) is 21.7. The molecule has 1 fully saturated rings. The fraction of sp³-hybridized carbons (Fsp3) is 0.500. The van der Waals surface area contributed by atoms with Crippen molar-refractivity contribution in [1.82, 2.24) is 24.9 Å². The Bertz CT molecular complexity index is 800. The lowest BCUT2D eigenvalue weighted by Crippen LogP contribution is -2.45. The smallest absolute Gasteiger partial charge is 0.220 e. The van der Waals surface area contributed by atoms with Gasteiger partial charge >= 0.3 is 0 Å². The number of hydrogen-bond donors (Lipinski definition) is 2. The third kappa shape index (κ3) is 5.71. The minimum atomic E-state index is 0. The van der Waals surface area contributed by atoms with E-state index in [-0.39, 0.29) is 29.9 Å². The van der Waals surface area contributed by atoms with Gasteiger partial charge in [-0.05, 0) is 30.9 Å². The van der Waals surface area contributed by atoms with Crippen molar-refractivity contribution in [3.05, 3.63) is 35.2 Å². The Morgan fingerprint density at radius 2 is 2.07 bits per heavy atom. The van der Waals surface area contributed by atoms with Gasteiger partial charge in [0.05, 0.1) is 17.3 Å². The number of nitrogens with zero attached hydrogens (tertiary/aromatic N) is 4. The molecule has 1 aliphatic rings. The van der Waals surface area contributed by atoms with Crippen molar-refractivity contribution in [1.29, 1.82) is 0 Å². The number of fused-ring (bicyclic) bond motifs is 1. The SMILES string of the molecule is CN=C(NCc1cn2cc(Cl)ccc2n1)N1CCC(CC(=O)NC)CC1.I. The Morgan fingerprint density at radius 3 is 2.74 bits per heavy atom. The molecule has 3 rings (SSSR count). The number of amides is 1. The molecular weight excluding hydrogens is 479 g/mol. The highest BCUT2D eigenvalue weighted by Gasteiger charge is 2.23. The van der Waals surface area contributed by atoms with Crippen LogP contribution >= 0.6 is 35.6 Å². The average Bonchev–Trinajstić information content (AvgIpc) is 3.05. The Hall–Kier alpha value is -1.55. The summed E-state index contributed by atoms with van der Waals surface area (Å²) in [5.74, 6) is 1.45. The topological polar surface area (TPSA) is 74.0 Å². The van der Waals surface area contributed by atoms with Crippen molar-refractivity contribution in [3.8, 4) is 0 Å². The number of aromatic nitrogens is 2. The number of guanidine groups is 1. The second-order valence-corrected chi connectivity index (χ2v) is 6.99. The molecule has 0 aliphatic carbocycles. The highest BCUT2D eigenvalue weighted by Crippen LogP contribution is 2.20. The molecule has 0 bridgehead atoms. The van der Waals surface area contributed by atoms with Crippen LogP contribution in [-0.2, 0) is 11.3 Å². The summed E-state index contributed by atoms with van der Waals surface area (Å²) in [7, 11) is 3.49. The van der Waals surface area contributed by atoms with Gasteiger partial charge in [0, 0.05) is 46.0 Å².